The zero-order valence-electron chi connectivity index (χ0n) is 20.4. The molecule has 0 aliphatic rings. The molecule has 2 atom stereocenters. The molecule has 0 unspecified atom stereocenters. The predicted molar refractivity (Wildman–Crippen MR) is 140 cm³/mol. The van der Waals surface area contributed by atoms with Gasteiger partial charge in [0.05, 0.1) is 5.94 Å². The van der Waals surface area contributed by atoms with Crippen LogP contribution in [0.1, 0.15) is 41.8 Å². The number of rotatable bonds is 10. The van der Waals surface area contributed by atoms with Crippen LogP contribution < -0.4 is 10.6 Å². The molecule has 0 heterocycles. The molecule has 182 valence electrons. The average molecular weight is 472 g/mol. The Morgan fingerprint density at radius 2 is 1.49 bits per heavy atom. The fourth-order valence-corrected chi connectivity index (χ4v) is 4.02. The van der Waals surface area contributed by atoms with Crippen molar-refractivity contribution in [3.63, 3.8) is 0 Å². The molecule has 0 aliphatic heterocycles. The van der Waals surface area contributed by atoms with Crippen molar-refractivity contribution in [2.75, 3.05) is 0 Å². The van der Waals surface area contributed by atoms with Gasteiger partial charge in [0.25, 0.3) is 5.91 Å². The molecule has 0 aromatic heterocycles. The normalized spacial score (nSPS) is 12.6. The fourth-order valence-electron chi connectivity index (χ4n) is 4.02. The van der Waals surface area contributed by atoms with Crippen LogP contribution in [0.3, 0.4) is 0 Å². The summed E-state index contributed by atoms with van der Waals surface area (Å²) in [5, 5.41) is 25.1. The Hall–Kier alpha value is -3.42. The number of amides is 2. The molecule has 0 aliphatic carbocycles. The summed E-state index contributed by atoms with van der Waals surface area (Å²) in [6, 6.07) is 24.0. The largest absolute Gasteiger partial charge is 0.475 e. The number of aryl methyl sites for hydroxylation is 1. The highest BCUT2D eigenvalue weighted by atomic mass is 16.4. The van der Waals surface area contributed by atoms with Crippen molar-refractivity contribution in [1.82, 2.24) is 10.6 Å². The second-order valence-corrected chi connectivity index (χ2v) is 9.27. The van der Waals surface area contributed by atoms with E-state index in [1.807, 2.05) is 99.6 Å². The summed E-state index contributed by atoms with van der Waals surface area (Å²) in [5.41, 5.74) is 4.06. The highest BCUT2D eigenvalue weighted by Gasteiger charge is 2.30. The minimum absolute atomic E-state index is 0.146. The molecular formula is C28H33BN2O4. The van der Waals surface area contributed by atoms with E-state index in [4.69, 9.17) is 0 Å². The topological polar surface area (TPSA) is 98.7 Å². The van der Waals surface area contributed by atoms with E-state index in [9.17, 15) is 19.6 Å². The van der Waals surface area contributed by atoms with Crippen LogP contribution in [0.4, 0.5) is 0 Å². The van der Waals surface area contributed by atoms with E-state index >= 15 is 0 Å². The molecule has 3 aromatic rings. The van der Waals surface area contributed by atoms with Crippen molar-refractivity contribution in [2.24, 2.45) is 5.92 Å². The van der Waals surface area contributed by atoms with Gasteiger partial charge in [0, 0.05) is 12.0 Å². The molecule has 3 aromatic carbocycles. The van der Waals surface area contributed by atoms with Gasteiger partial charge in [-0.15, -0.1) is 0 Å². The molecule has 0 fully saturated rings. The van der Waals surface area contributed by atoms with E-state index < -0.39 is 25.0 Å². The third-order valence-corrected chi connectivity index (χ3v) is 5.91. The number of benzene rings is 3. The Kier molecular flexibility index (Phi) is 9.23. The smallest absolute Gasteiger partial charge is 0.426 e. The van der Waals surface area contributed by atoms with Gasteiger partial charge in [-0.2, -0.15) is 0 Å². The van der Waals surface area contributed by atoms with E-state index in [2.05, 4.69) is 10.6 Å². The van der Waals surface area contributed by atoms with E-state index in [1.165, 1.54) is 0 Å². The first-order valence-electron chi connectivity index (χ1n) is 11.9. The Balaban J connectivity index is 1.85. The second kappa shape index (κ2) is 12.3. The molecule has 0 saturated heterocycles. The van der Waals surface area contributed by atoms with Crippen LogP contribution in [0.2, 0.25) is 0 Å². The van der Waals surface area contributed by atoms with Crippen molar-refractivity contribution in [1.29, 1.82) is 0 Å². The van der Waals surface area contributed by atoms with Gasteiger partial charge in [-0.1, -0.05) is 86.6 Å². The van der Waals surface area contributed by atoms with E-state index in [-0.39, 0.29) is 18.2 Å². The van der Waals surface area contributed by atoms with Crippen LogP contribution in [-0.2, 0) is 11.2 Å². The van der Waals surface area contributed by atoms with Crippen LogP contribution >= 0.6 is 0 Å². The summed E-state index contributed by atoms with van der Waals surface area (Å²) in [4.78, 5) is 26.6. The van der Waals surface area contributed by atoms with Crippen molar-refractivity contribution in [3.8, 4) is 11.1 Å². The summed E-state index contributed by atoms with van der Waals surface area (Å²) in [6.07, 6.45) is 0.666. The molecule has 35 heavy (non-hydrogen) atoms. The van der Waals surface area contributed by atoms with Crippen LogP contribution in [0, 0.1) is 12.8 Å². The first-order valence-corrected chi connectivity index (χ1v) is 11.9. The Bertz CT molecular complexity index is 1120. The first kappa shape index (κ1) is 26.2. The molecule has 6 nitrogen and oxygen atoms in total. The minimum Gasteiger partial charge on any atom is -0.426 e. The highest BCUT2D eigenvalue weighted by molar-refractivity contribution is 6.43. The lowest BCUT2D eigenvalue weighted by Gasteiger charge is -2.24. The van der Waals surface area contributed by atoms with Gasteiger partial charge in [0.15, 0.2) is 0 Å². The standard InChI is InChI=1S/C28H33BN2O4/c1-19(2)16-26(29(34)35)31-28(33)25(17-21-10-6-4-7-11-21)30-27(32)24-18-23(15-14-20(24)3)22-12-8-5-9-13-22/h4-15,18-19,25-26,34-35H,16-17H2,1-3H3,(H,30,32)(H,31,33)/t25-,26-/m0/s1. The number of carbonyl (C=O) groups is 2. The van der Waals surface area contributed by atoms with Crippen LogP contribution in [0.25, 0.3) is 11.1 Å². The Labute approximate surface area is 207 Å². The van der Waals surface area contributed by atoms with Crippen molar-refractivity contribution in [3.05, 3.63) is 95.6 Å². The molecular weight excluding hydrogens is 439 g/mol. The number of nitrogens with one attached hydrogen (secondary N) is 2. The summed E-state index contributed by atoms with van der Waals surface area (Å²) in [5.74, 6) is -1.51. The number of hydrogen-bond donors (Lipinski definition) is 4. The summed E-state index contributed by atoms with van der Waals surface area (Å²) in [7, 11) is -1.70. The van der Waals surface area contributed by atoms with Crippen molar-refractivity contribution in [2.45, 2.75) is 45.6 Å². The highest BCUT2D eigenvalue weighted by Crippen LogP contribution is 2.22. The zero-order valence-corrected chi connectivity index (χ0v) is 20.4. The van der Waals surface area contributed by atoms with E-state index in [0.717, 1.165) is 22.3 Å². The van der Waals surface area contributed by atoms with Crippen LogP contribution in [0.5, 0.6) is 0 Å². The zero-order chi connectivity index (χ0) is 25.4. The van der Waals surface area contributed by atoms with Gasteiger partial charge in [-0.25, -0.2) is 0 Å². The maximum Gasteiger partial charge on any atom is 0.475 e. The third kappa shape index (κ3) is 7.54. The summed E-state index contributed by atoms with van der Waals surface area (Å²) < 4.78 is 0. The molecule has 4 N–H and O–H groups in total. The van der Waals surface area contributed by atoms with Gasteiger partial charge in [-0.3, -0.25) is 9.59 Å². The monoisotopic (exact) mass is 472 g/mol. The van der Waals surface area contributed by atoms with Crippen LogP contribution in [-0.4, -0.2) is 41.0 Å². The molecule has 2 amide bonds. The van der Waals surface area contributed by atoms with Crippen LogP contribution in [0.15, 0.2) is 78.9 Å². The molecule has 0 spiro atoms. The maximum atomic E-state index is 13.4. The quantitative estimate of drug-likeness (QED) is 0.339. The molecule has 0 saturated carbocycles. The second-order valence-electron chi connectivity index (χ2n) is 9.27. The fraction of sp³-hybridized carbons (Fsp3) is 0.286. The van der Waals surface area contributed by atoms with Gasteiger partial charge in [-0.05, 0) is 47.6 Å². The van der Waals surface area contributed by atoms with E-state index in [1.54, 1.807) is 0 Å². The van der Waals surface area contributed by atoms with Gasteiger partial charge in [0.2, 0.25) is 5.91 Å². The predicted octanol–water partition coefficient (Wildman–Crippen LogP) is 3.55. The molecule has 0 bridgehead atoms. The Morgan fingerprint density at radius 1 is 0.857 bits per heavy atom. The summed E-state index contributed by atoms with van der Waals surface area (Å²) >= 11 is 0. The van der Waals surface area contributed by atoms with Gasteiger partial charge >= 0.3 is 7.12 Å². The lowest BCUT2D eigenvalue weighted by molar-refractivity contribution is -0.123. The minimum atomic E-state index is -1.70. The van der Waals surface area contributed by atoms with Crippen molar-refractivity contribution < 1.29 is 19.6 Å². The summed E-state index contributed by atoms with van der Waals surface area (Å²) in [6.45, 7) is 5.73. The lowest BCUT2D eigenvalue weighted by Crippen LogP contribution is -2.55. The van der Waals surface area contributed by atoms with Gasteiger partial charge in [0.1, 0.15) is 6.04 Å². The first-order chi connectivity index (χ1) is 16.7. The average Bonchev–Trinajstić information content (AvgIpc) is 2.84. The SMILES string of the molecule is Cc1ccc(-c2ccccc2)cc1C(=O)N[C@@H](Cc1ccccc1)C(=O)N[C@@H](CC(C)C)B(O)O. The maximum absolute atomic E-state index is 13.4. The number of carbonyl (C=O) groups excluding carboxylic acids is 2. The number of hydrogen-bond acceptors (Lipinski definition) is 4. The molecule has 3 rings (SSSR count). The third-order valence-electron chi connectivity index (χ3n) is 5.91. The Morgan fingerprint density at radius 3 is 2.09 bits per heavy atom. The molecule has 7 heteroatoms. The van der Waals surface area contributed by atoms with Crippen molar-refractivity contribution >= 4 is 18.9 Å². The lowest BCUT2D eigenvalue weighted by atomic mass is 9.75. The van der Waals surface area contributed by atoms with E-state index in [0.29, 0.717) is 12.0 Å². The van der Waals surface area contributed by atoms with Gasteiger partial charge < -0.3 is 20.7 Å². The molecule has 0 radical (unpaired) electrons.